The SMILES string of the molecule is Cc1ccc(C(O)CNCc2c(O)ccc3ccccc23)cc1. The Balaban J connectivity index is 1.69. The van der Waals surface area contributed by atoms with Crippen molar-refractivity contribution in [3.05, 3.63) is 77.4 Å². The summed E-state index contributed by atoms with van der Waals surface area (Å²) in [4.78, 5) is 0. The molecule has 3 nitrogen and oxygen atoms in total. The zero-order chi connectivity index (χ0) is 16.2. The predicted octanol–water partition coefficient (Wildman–Crippen LogP) is 3.68. The highest BCUT2D eigenvalue weighted by molar-refractivity contribution is 5.87. The van der Waals surface area contributed by atoms with Gasteiger partial charge < -0.3 is 15.5 Å². The van der Waals surface area contributed by atoms with Crippen LogP contribution in [-0.4, -0.2) is 16.8 Å². The van der Waals surface area contributed by atoms with Crippen LogP contribution >= 0.6 is 0 Å². The number of hydrogen-bond acceptors (Lipinski definition) is 3. The Bertz CT molecular complexity index is 796. The Kier molecular flexibility index (Phi) is 4.60. The van der Waals surface area contributed by atoms with Crippen LogP contribution in [0.4, 0.5) is 0 Å². The summed E-state index contributed by atoms with van der Waals surface area (Å²) in [7, 11) is 0. The van der Waals surface area contributed by atoms with Crippen molar-refractivity contribution >= 4 is 10.8 Å². The van der Waals surface area contributed by atoms with Crippen LogP contribution < -0.4 is 5.32 Å². The molecule has 0 aliphatic rings. The number of aliphatic hydroxyl groups is 1. The summed E-state index contributed by atoms with van der Waals surface area (Å²) in [6, 6.07) is 19.5. The molecule has 3 aromatic rings. The maximum absolute atomic E-state index is 10.2. The van der Waals surface area contributed by atoms with Crippen LogP contribution in [0.1, 0.15) is 22.8 Å². The molecule has 3 N–H and O–H groups in total. The minimum absolute atomic E-state index is 0.279. The van der Waals surface area contributed by atoms with Crippen molar-refractivity contribution in [2.75, 3.05) is 6.54 Å². The monoisotopic (exact) mass is 307 g/mol. The van der Waals surface area contributed by atoms with Crippen molar-refractivity contribution in [1.29, 1.82) is 0 Å². The first kappa shape index (κ1) is 15.5. The number of phenols is 1. The van der Waals surface area contributed by atoms with Gasteiger partial charge in [0, 0.05) is 18.7 Å². The van der Waals surface area contributed by atoms with Gasteiger partial charge in [0.05, 0.1) is 6.10 Å². The van der Waals surface area contributed by atoms with E-state index in [1.807, 2.05) is 61.5 Å². The number of fused-ring (bicyclic) bond motifs is 1. The standard InChI is InChI=1S/C20H21NO2/c1-14-6-8-16(9-7-14)20(23)13-21-12-18-17-5-3-2-4-15(17)10-11-19(18)22/h2-11,20-23H,12-13H2,1H3. The summed E-state index contributed by atoms with van der Waals surface area (Å²) in [5, 5.41) is 25.7. The van der Waals surface area contributed by atoms with E-state index in [1.165, 1.54) is 5.56 Å². The Labute approximate surface area is 136 Å². The van der Waals surface area contributed by atoms with Crippen molar-refractivity contribution in [3.8, 4) is 5.75 Å². The summed E-state index contributed by atoms with van der Waals surface area (Å²) >= 11 is 0. The van der Waals surface area contributed by atoms with E-state index >= 15 is 0 Å². The third-order valence-electron chi connectivity index (χ3n) is 4.12. The van der Waals surface area contributed by atoms with E-state index < -0.39 is 6.10 Å². The highest BCUT2D eigenvalue weighted by atomic mass is 16.3. The molecular weight excluding hydrogens is 286 g/mol. The first-order chi connectivity index (χ1) is 11.1. The fourth-order valence-electron chi connectivity index (χ4n) is 2.75. The van der Waals surface area contributed by atoms with E-state index in [1.54, 1.807) is 6.07 Å². The van der Waals surface area contributed by atoms with Crippen molar-refractivity contribution in [1.82, 2.24) is 5.32 Å². The molecule has 3 heteroatoms. The van der Waals surface area contributed by atoms with Gasteiger partial charge in [0.15, 0.2) is 0 Å². The van der Waals surface area contributed by atoms with Crippen LogP contribution in [-0.2, 0) is 6.54 Å². The van der Waals surface area contributed by atoms with E-state index in [-0.39, 0.29) is 5.75 Å². The molecule has 0 saturated carbocycles. The molecule has 0 heterocycles. The molecule has 1 atom stereocenters. The molecule has 0 bridgehead atoms. The lowest BCUT2D eigenvalue weighted by Crippen LogP contribution is -2.21. The smallest absolute Gasteiger partial charge is 0.120 e. The quantitative estimate of drug-likeness (QED) is 0.674. The van der Waals surface area contributed by atoms with E-state index in [4.69, 9.17) is 0 Å². The average Bonchev–Trinajstić information content (AvgIpc) is 2.57. The molecular formula is C20H21NO2. The van der Waals surface area contributed by atoms with Gasteiger partial charge in [0.1, 0.15) is 5.75 Å². The number of benzene rings is 3. The molecule has 0 aliphatic carbocycles. The molecule has 23 heavy (non-hydrogen) atoms. The Morgan fingerprint density at radius 1 is 0.957 bits per heavy atom. The third-order valence-corrected chi connectivity index (χ3v) is 4.12. The van der Waals surface area contributed by atoms with Crippen molar-refractivity contribution in [2.45, 2.75) is 19.6 Å². The number of rotatable bonds is 5. The van der Waals surface area contributed by atoms with Gasteiger partial charge in [-0.2, -0.15) is 0 Å². The van der Waals surface area contributed by atoms with Crippen LogP contribution in [0.2, 0.25) is 0 Å². The van der Waals surface area contributed by atoms with E-state index in [0.717, 1.165) is 21.9 Å². The summed E-state index contributed by atoms with van der Waals surface area (Å²) in [5.74, 6) is 0.279. The second-order valence-corrected chi connectivity index (χ2v) is 5.84. The number of phenolic OH excluding ortho intramolecular Hbond substituents is 1. The Morgan fingerprint density at radius 3 is 2.48 bits per heavy atom. The Morgan fingerprint density at radius 2 is 1.70 bits per heavy atom. The van der Waals surface area contributed by atoms with Crippen LogP contribution in [0.5, 0.6) is 5.75 Å². The van der Waals surface area contributed by atoms with E-state index in [9.17, 15) is 10.2 Å². The number of aromatic hydroxyl groups is 1. The molecule has 0 fully saturated rings. The lowest BCUT2D eigenvalue weighted by molar-refractivity contribution is 0.174. The molecule has 0 aliphatic heterocycles. The third kappa shape index (κ3) is 3.52. The lowest BCUT2D eigenvalue weighted by Gasteiger charge is -2.14. The summed E-state index contributed by atoms with van der Waals surface area (Å²) in [6.07, 6.45) is -0.562. The molecule has 1 unspecified atom stereocenters. The average molecular weight is 307 g/mol. The lowest BCUT2D eigenvalue weighted by atomic mass is 10.0. The van der Waals surface area contributed by atoms with Gasteiger partial charge >= 0.3 is 0 Å². The van der Waals surface area contributed by atoms with Crippen LogP contribution in [0.25, 0.3) is 10.8 Å². The molecule has 3 rings (SSSR count). The normalized spacial score (nSPS) is 12.4. The number of aryl methyl sites for hydroxylation is 1. The molecule has 0 aromatic heterocycles. The van der Waals surface area contributed by atoms with Crippen LogP contribution in [0.3, 0.4) is 0 Å². The first-order valence-electron chi connectivity index (χ1n) is 7.80. The van der Waals surface area contributed by atoms with Gasteiger partial charge in [0.25, 0.3) is 0 Å². The van der Waals surface area contributed by atoms with Crippen molar-refractivity contribution in [2.24, 2.45) is 0 Å². The molecule has 3 aromatic carbocycles. The van der Waals surface area contributed by atoms with Gasteiger partial charge in [-0.15, -0.1) is 0 Å². The summed E-state index contributed by atoms with van der Waals surface area (Å²) in [5.41, 5.74) is 2.93. The second kappa shape index (κ2) is 6.82. The molecule has 0 radical (unpaired) electrons. The van der Waals surface area contributed by atoms with Crippen LogP contribution in [0, 0.1) is 6.92 Å². The minimum Gasteiger partial charge on any atom is -0.508 e. The number of hydrogen-bond donors (Lipinski definition) is 3. The molecule has 0 saturated heterocycles. The van der Waals surface area contributed by atoms with Crippen LogP contribution in [0.15, 0.2) is 60.7 Å². The maximum atomic E-state index is 10.2. The molecule has 118 valence electrons. The highest BCUT2D eigenvalue weighted by Gasteiger charge is 2.09. The minimum atomic E-state index is -0.562. The fraction of sp³-hybridized carbons (Fsp3) is 0.200. The fourth-order valence-corrected chi connectivity index (χ4v) is 2.75. The summed E-state index contributed by atoms with van der Waals surface area (Å²) < 4.78 is 0. The van der Waals surface area contributed by atoms with E-state index in [2.05, 4.69) is 5.32 Å². The van der Waals surface area contributed by atoms with Crippen molar-refractivity contribution < 1.29 is 10.2 Å². The highest BCUT2D eigenvalue weighted by Crippen LogP contribution is 2.27. The van der Waals surface area contributed by atoms with Gasteiger partial charge in [-0.3, -0.25) is 0 Å². The molecule has 0 amide bonds. The van der Waals surface area contributed by atoms with Gasteiger partial charge in [0.2, 0.25) is 0 Å². The largest absolute Gasteiger partial charge is 0.508 e. The van der Waals surface area contributed by atoms with Crippen molar-refractivity contribution in [3.63, 3.8) is 0 Å². The first-order valence-corrected chi connectivity index (χ1v) is 7.80. The van der Waals surface area contributed by atoms with Gasteiger partial charge in [-0.25, -0.2) is 0 Å². The zero-order valence-electron chi connectivity index (χ0n) is 13.2. The molecule has 0 spiro atoms. The Hall–Kier alpha value is -2.36. The van der Waals surface area contributed by atoms with Gasteiger partial charge in [-0.1, -0.05) is 60.2 Å². The predicted molar refractivity (Wildman–Crippen MR) is 93.5 cm³/mol. The van der Waals surface area contributed by atoms with Gasteiger partial charge in [-0.05, 0) is 29.3 Å². The van der Waals surface area contributed by atoms with E-state index in [0.29, 0.717) is 13.1 Å². The number of aliphatic hydroxyl groups excluding tert-OH is 1. The number of nitrogens with one attached hydrogen (secondary N) is 1. The maximum Gasteiger partial charge on any atom is 0.120 e. The topological polar surface area (TPSA) is 52.5 Å². The summed E-state index contributed by atoms with van der Waals surface area (Å²) in [6.45, 7) is 2.97. The zero-order valence-corrected chi connectivity index (χ0v) is 13.2. The second-order valence-electron chi connectivity index (χ2n) is 5.84.